The van der Waals surface area contributed by atoms with Crippen LogP contribution in [0.1, 0.15) is 13.8 Å². The van der Waals surface area contributed by atoms with E-state index in [0.717, 1.165) is 4.90 Å². The Hall–Kier alpha value is -0.360. The van der Waals surface area contributed by atoms with Crippen LogP contribution in [-0.2, 0) is 0 Å². The molecule has 0 aliphatic rings. The van der Waals surface area contributed by atoms with Gasteiger partial charge < -0.3 is 0 Å². The molecule has 0 heterocycles. The third-order valence-electron chi connectivity index (χ3n) is 1.53. The van der Waals surface area contributed by atoms with Crippen LogP contribution in [-0.4, -0.2) is 4.75 Å². The molecule has 0 atom stereocenters. The van der Waals surface area contributed by atoms with Gasteiger partial charge in [0.25, 0.3) is 0 Å². The topological polar surface area (TPSA) is 23.8 Å². The van der Waals surface area contributed by atoms with E-state index >= 15 is 0 Å². The van der Waals surface area contributed by atoms with Gasteiger partial charge in [0, 0.05) is 4.90 Å². The van der Waals surface area contributed by atoms with Crippen LogP contribution >= 0.6 is 35.0 Å². The van der Waals surface area contributed by atoms with Crippen LogP contribution in [0.2, 0.25) is 10.0 Å². The maximum atomic E-state index is 8.85. The van der Waals surface area contributed by atoms with Crippen molar-refractivity contribution in [3.63, 3.8) is 0 Å². The number of benzene rings is 1. The summed E-state index contributed by atoms with van der Waals surface area (Å²) in [7, 11) is 0. The molecule has 0 fully saturated rings. The van der Waals surface area contributed by atoms with Gasteiger partial charge in [0.15, 0.2) is 0 Å². The molecule has 0 aliphatic carbocycles. The van der Waals surface area contributed by atoms with E-state index in [1.165, 1.54) is 11.8 Å². The number of nitriles is 1. The summed E-state index contributed by atoms with van der Waals surface area (Å²) in [6, 6.07) is 7.58. The minimum absolute atomic E-state index is 0.447. The molecular formula is C10H9Cl2NS. The zero-order valence-corrected chi connectivity index (χ0v) is 10.2. The first-order valence-corrected chi connectivity index (χ1v) is 5.57. The lowest BCUT2D eigenvalue weighted by Crippen LogP contribution is -2.09. The van der Waals surface area contributed by atoms with E-state index < -0.39 is 4.75 Å². The fourth-order valence-corrected chi connectivity index (χ4v) is 2.17. The van der Waals surface area contributed by atoms with Gasteiger partial charge in [-0.2, -0.15) is 5.26 Å². The number of halogens is 2. The number of thioether (sulfide) groups is 1. The van der Waals surface area contributed by atoms with Crippen LogP contribution in [0, 0.1) is 11.3 Å². The van der Waals surface area contributed by atoms with Gasteiger partial charge in [0.05, 0.1) is 16.1 Å². The molecule has 74 valence electrons. The van der Waals surface area contributed by atoms with Crippen molar-refractivity contribution in [1.29, 1.82) is 5.26 Å². The Balaban J connectivity index is 2.90. The fraction of sp³-hybridized carbons (Fsp3) is 0.300. The van der Waals surface area contributed by atoms with E-state index in [1.54, 1.807) is 12.1 Å². The molecule has 0 radical (unpaired) electrons. The van der Waals surface area contributed by atoms with E-state index in [-0.39, 0.29) is 0 Å². The van der Waals surface area contributed by atoms with Crippen LogP contribution in [0.5, 0.6) is 0 Å². The third kappa shape index (κ3) is 3.09. The smallest absolute Gasteiger partial charge is 0.101 e. The minimum Gasteiger partial charge on any atom is -0.197 e. The summed E-state index contributed by atoms with van der Waals surface area (Å²) in [6.07, 6.45) is 0. The molecule has 0 aromatic heterocycles. The van der Waals surface area contributed by atoms with Gasteiger partial charge in [0.1, 0.15) is 4.75 Å². The Labute approximate surface area is 98.0 Å². The van der Waals surface area contributed by atoms with Crippen molar-refractivity contribution < 1.29 is 0 Å². The molecule has 1 rings (SSSR count). The molecular weight excluding hydrogens is 237 g/mol. The van der Waals surface area contributed by atoms with Crippen LogP contribution in [0.3, 0.4) is 0 Å². The van der Waals surface area contributed by atoms with E-state index in [9.17, 15) is 0 Å². The normalized spacial score (nSPS) is 11.1. The summed E-state index contributed by atoms with van der Waals surface area (Å²) >= 11 is 13.1. The second-order valence-corrected chi connectivity index (χ2v) is 5.81. The molecule has 0 N–H and O–H groups in total. The Morgan fingerprint density at radius 1 is 1.29 bits per heavy atom. The lowest BCUT2D eigenvalue weighted by atomic mass is 10.2. The maximum absolute atomic E-state index is 8.85. The van der Waals surface area contributed by atoms with Crippen molar-refractivity contribution >= 4 is 35.0 Å². The summed E-state index contributed by atoms with van der Waals surface area (Å²) in [4.78, 5) is 0.950. The van der Waals surface area contributed by atoms with Crippen molar-refractivity contribution in [2.45, 2.75) is 23.5 Å². The van der Waals surface area contributed by atoms with Gasteiger partial charge in [-0.3, -0.25) is 0 Å². The van der Waals surface area contributed by atoms with E-state index in [4.69, 9.17) is 28.5 Å². The number of hydrogen-bond donors (Lipinski definition) is 0. The van der Waals surface area contributed by atoms with Crippen LogP contribution in [0.4, 0.5) is 0 Å². The summed E-state index contributed by atoms with van der Waals surface area (Å²) in [5.74, 6) is 0. The molecule has 1 aromatic rings. The van der Waals surface area contributed by atoms with Gasteiger partial charge in [-0.15, -0.1) is 11.8 Å². The standard InChI is InChI=1S/C10H9Cl2NS/c1-10(2,6-13)14-7-3-4-8(11)9(12)5-7/h3-5H,1-2H3. The molecule has 0 unspecified atom stereocenters. The monoisotopic (exact) mass is 245 g/mol. The highest BCUT2D eigenvalue weighted by molar-refractivity contribution is 8.00. The van der Waals surface area contributed by atoms with Gasteiger partial charge in [-0.25, -0.2) is 0 Å². The summed E-state index contributed by atoms with van der Waals surface area (Å²) in [6.45, 7) is 3.72. The first-order chi connectivity index (χ1) is 6.44. The molecule has 0 bridgehead atoms. The SMILES string of the molecule is CC(C)(C#N)Sc1ccc(Cl)c(Cl)c1. The highest BCUT2D eigenvalue weighted by Gasteiger charge is 2.18. The minimum atomic E-state index is -0.447. The summed E-state index contributed by atoms with van der Waals surface area (Å²) in [5.41, 5.74) is 0. The van der Waals surface area contributed by atoms with E-state index in [2.05, 4.69) is 6.07 Å². The van der Waals surface area contributed by atoms with Crippen molar-refractivity contribution in [2.75, 3.05) is 0 Å². The molecule has 1 nitrogen and oxygen atoms in total. The first-order valence-electron chi connectivity index (χ1n) is 4.00. The Kier molecular flexibility index (Phi) is 3.71. The van der Waals surface area contributed by atoms with E-state index in [0.29, 0.717) is 10.0 Å². The van der Waals surface area contributed by atoms with Crippen molar-refractivity contribution in [1.82, 2.24) is 0 Å². The van der Waals surface area contributed by atoms with Gasteiger partial charge in [-0.1, -0.05) is 23.2 Å². The van der Waals surface area contributed by atoms with Crippen LogP contribution in [0.15, 0.2) is 23.1 Å². The van der Waals surface area contributed by atoms with Crippen LogP contribution < -0.4 is 0 Å². The number of rotatable bonds is 2. The molecule has 0 spiro atoms. The zero-order valence-electron chi connectivity index (χ0n) is 7.84. The molecule has 0 saturated heterocycles. The average Bonchev–Trinajstić information content (AvgIpc) is 2.11. The molecule has 0 saturated carbocycles. The first kappa shape index (κ1) is 11.7. The highest BCUT2D eigenvalue weighted by Crippen LogP contribution is 2.35. The number of hydrogen-bond acceptors (Lipinski definition) is 2. The predicted octanol–water partition coefficient (Wildman–Crippen LogP) is 4.39. The predicted molar refractivity (Wildman–Crippen MR) is 62.0 cm³/mol. The number of nitrogens with zero attached hydrogens (tertiary/aromatic N) is 1. The Morgan fingerprint density at radius 2 is 1.93 bits per heavy atom. The Bertz CT molecular complexity index is 382. The van der Waals surface area contributed by atoms with Gasteiger partial charge >= 0.3 is 0 Å². The zero-order chi connectivity index (χ0) is 10.8. The summed E-state index contributed by atoms with van der Waals surface area (Å²) in [5, 5.41) is 9.90. The molecule has 0 amide bonds. The second-order valence-electron chi connectivity index (χ2n) is 3.30. The lowest BCUT2D eigenvalue weighted by molar-refractivity contribution is 0.913. The molecule has 0 aliphatic heterocycles. The highest BCUT2D eigenvalue weighted by atomic mass is 35.5. The Morgan fingerprint density at radius 3 is 2.43 bits per heavy atom. The average molecular weight is 246 g/mol. The van der Waals surface area contributed by atoms with Crippen LogP contribution in [0.25, 0.3) is 0 Å². The molecule has 14 heavy (non-hydrogen) atoms. The lowest BCUT2D eigenvalue weighted by Gasteiger charge is -2.14. The quantitative estimate of drug-likeness (QED) is 0.722. The fourth-order valence-electron chi connectivity index (χ4n) is 0.858. The molecule has 4 heteroatoms. The third-order valence-corrected chi connectivity index (χ3v) is 3.36. The van der Waals surface area contributed by atoms with Gasteiger partial charge in [0.2, 0.25) is 0 Å². The van der Waals surface area contributed by atoms with E-state index in [1.807, 2.05) is 19.9 Å². The largest absolute Gasteiger partial charge is 0.197 e. The van der Waals surface area contributed by atoms with Crippen molar-refractivity contribution in [2.24, 2.45) is 0 Å². The second kappa shape index (κ2) is 4.44. The molecule has 1 aromatic carbocycles. The maximum Gasteiger partial charge on any atom is 0.101 e. The van der Waals surface area contributed by atoms with Gasteiger partial charge in [-0.05, 0) is 32.0 Å². The van der Waals surface area contributed by atoms with Crippen molar-refractivity contribution in [3.8, 4) is 6.07 Å². The summed E-state index contributed by atoms with van der Waals surface area (Å²) < 4.78 is -0.447. The van der Waals surface area contributed by atoms with Crippen molar-refractivity contribution in [3.05, 3.63) is 28.2 Å².